The second-order valence-electron chi connectivity index (χ2n) is 13.5. The van der Waals surface area contributed by atoms with Crippen LogP contribution >= 0.6 is 0 Å². The highest BCUT2D eigenvalue weighted by Gasteiger charge is 2.40. The van der Waals surface area contributed by atoms with Crippen molar-refractivity contribution in [2.45, 2.75) is 90.9 Å². The summed E-state index contributed by atoms with van der Waals surface area (Å²) in [6.45, 7) is 9.67. The fourth-order valence-electron chi connectivity index (χ4n) is 6.21. The number of hydrogen-bond donors (Lipinski definition) is 0. The van der Waals surface area contributed by atoms with E-state index >= 15 is 13.2 Å². The molecule has 0 atom stereocenters. The Labute approximate surface area is 277 Å². The third-order valence-corrected chi connectivity index (χ3v) is 8.38. The van der Waals surface area contributed by atoms with Gasteiger partial charge >= 0.3 is 18.5 Å². The maximum absolute atomic E-state index is 15.1. The van der Waals surface area contributed by atoms with E-state index in [9.17, 15) is 26.3 Å². The lowest BCUT2D eigenvalue weighted by atomic mass is 9.91. The van der Waals surface area contributed by atoms with Crippen LogP contribution in [0.15, 0.2) is 42.5 Å². The number of anilines is 3. The molecule has 0 spiro atoms. The fourth-order valence-corrected chi connectivity index (χ4v) is 6.21. The van der Waals surface area contributed by atoms with Gasteiger partial charge in [0, 0.05) is 52.7 Å². The van der Waals surface area contributed by atoms with Crippen LogP contribution < -0.4 is 14.7 Å². The van der Waals surface area contributed by atoms with Crippen molar-refractivity contribution in [3.8, 4) is 0 Å². The second kappa shape index (κ2) is 14.1. The van der Waals surface area contributed by atoms with E-state index in [1.54, 1.807) is 72.7 Å². The summed E-state index contributed by atoms with van der Waals surface area (Å²) in [4.78, 5) is 4.25. The first-order chi connectivity index (χ1) is 21.9. The molecule has 0 unspecified atom stereocenters. The molecular weight excluding hydrogens is 645 g/mol. The fraction of sp³-hybridized carbons (Fsp3) is 0.500. The summed E-state index contributed by atoms with van der Waals surface area (Å²) >= 11 is 0. The summed E-state index contributed by atoms with van der Waals surface area (Å²) in [7, 11) is 6.08. The van der Waals surface area contributed by atoms with E-state index in [0.29, 0.717) is 16.8 Å². The highest BCUT2D eigenvalue weighted by molar-refractivity contribution is 5.67. The van der Waals surface area contributed by atoms with Crippen LogP contribution in [0.4, 0.5) is 56.6 Å². The molecule has 3 nitrogen and oxygen atoms in total. The quantitative estimate of drug-likeness (QED) is 0.196. The average molecular weight is 690 g/mol. The lowest BCUT2D eigenvalue weighted by Gasteiger charge is -2.32. The van der Waals surface area contributed by atoms with Crippen LogP contribution in [0.2, 0.25) is 0 Å². The summed E-state index contributed by atoms with van der Waals surface area (Å²) < 4.78 is 129. The Kier molecular flexibility index (Phi) is 11.4. The van der Waals surface area contributed by atoms with E-state index in [1.165, 1.54) is 36.0 Å². The molecule has 48 heavy (non-hydrogen) atoms. The Hall–Kier alpha value is -3.57. The molecule has 0 aliphatic rings. The molecule has 0 saturated carbocycles. The Balaban J connectivity index is 2.24. The average Bonchev–Trinajstić information content (AvgIpc) is 2.94. The number of hydrogen-bond acceptors (Lipinski definition) is 3. The van der Waals surface area contributed by atoms with Crippen LogP contribution in [0.5, 0.6) is 0 Å². The minimum atomic E-state index is -4.90. The SMILES string of the molecule is CC(C)c1ccc(C(F)(F)F)cc1N(C)Cc1ccc(C(C)C)c(N(C)Cc2cc(N(C)C)c(C(C)C)c(C(F)(F)F)c2)c1C(F)(F)F. The third-order valence-electron chi connectivity index (χ3n) is 8.38. The van der Waals surface area contributed by atoms with Crippen molar-refractivity contribution in [3.05, 3.63) is 87.0 Å². The standard InChI is InChI=1S/C36H44F9N3/c1-20(2)26-14-12-25(34(37,38)39)17-29(26)47(9)19-24-11-13-27(21(3)4)33(32(24)36(43,44)45)48(10)18-23-15-28(35(40,41)42)31(22(5)6)30(16-23)46(7)8/h11-17,20-22H,18-19H2,1-10H3. The van der Waals surface area contributed by atoms with Crippen molar-refractivity contribution < 1.29 is 39.5 Å². The van der Waals surface area contributed by atoms with Gasteiger partial charge in [0.15, 0.2) is 0 Å². The molecule has 0 aliphatic carbocycles. The Bertz CT molecular complexity index is 1580. The number of alkyl halides is 9. The van der Waals surface area contributed by atoms with E-state index in [2.05, 4.69) is 0 Å². The maximum atomic E-state index is 15.1. The largest absolute Gasteiger partial charge is 0.418 e. The Morgan fingerprint density at radius 3 is 1.58 bits per heavy atom. The van der Waals surface area contributed by atoms with Gasteiger partial charge in [0.1, 0.15) is 0 Å². The molecule has 3 aromatic carbocycles. The summed E-state index contributed by atoms with van der Waals surface area (Å²) in [6, 6.07) is 8.70. The van der Waals surface area contributed by atoms with Gasteiger partial charge in [-0.15, -0.1) is 0 Å². The summed E-state index contributed by atoms with van der Waals surface area (Å²) in [5.41, 5.74) is -1.50. The van der Waals surface area contributed by atoms with Gasteiger partial charge < -0.3 is 14.7 Å². The first-order valence-corrected chi connectivity index (χ1v) is 15.6. The molecule has 12 heteroatoms. The van der Waals surface area contributed by atoms with Gasteiger partial charge in [0.25, 0.3) is 0 Å². The first kappa shape index (κ1) is 38.9. The molecule has 0 heterocycles. The van der Waals surface area contributed by atoms with E-state index in [4.69, 9.17) is 0 Å². The van der Waals surface area contributed by atoms with Gasteiger partial charge in [-0.25, -0.2) is 0 Å². The van der Waals surface area contributed by atoms with Gasteiger partial charge in [-0.05, 0) is 69.8 Å². The van der Waals surface area contributed by atoms with E-state index in [0.717, 1.165) is 18.2 Å². The van der Waals surface area contributed by atoms with Crippen LogP contribution in [0.3, 0.4) is 0 Å². The van der Waals surface area contributed by atoms with Crippen molar-refractivity contribution in [1.29, 1.82) is 0 Å². The van der Waals surface area contributed by atoms with Gasteiger partial charge in [-0.3, -0.25) is 0 Å². The smallest absolute Gasteiger partial charge is 0.377 e. The van der Waals surface area contributed by atoms with E-state index in [1.807, 2.05) is 0 Å². The third kappa shape index (κ3) is 8.52. The van der Waals surface area contributed by atoms with Crippen molar-refractivity contribution >= 4 is 17.1 Å². The van der Waals surface area contributed by atoms with Gasteiger partial charge in [0.2, 0.25) is 0 Å². The molecule has 0 fully saturated rings. The first-order valence-electron chi connectivity index (χ1n) is 15.6. The molecule has 0 aliphatic heterocycles. The summed E-state index contributed by atoms with van der Waals surface area (Å²) in [6.07, 6.45) is -14.2. The molecule has 0 bridgehead atoms. The van der Waals surface area contributed by atoms with E-state index < -0.39 is 47.1 Å². The summed E-state index contributed by atoms with van der Waals surface area (Å²) in [5.74, 6) is -1.08. The zero-order chi connectivity index (χ0) is 36.7. The number of benzene rings is 3. The number of nitrogens with zero attached hydrogens (tertiary/aromatic N) is 3. The van der Waals surface area contributed by atoms with Gasteiger partial charge in [-0.1, -0.05) is 59.7 Å². The van der Waals surface area contributed by atoms with Crippen LogP contribution in [0, 0.1) is 0 Å². The molecule has 3 aromatic rings. The number of rotatable bonds is 10. The lowest BCUT2D eigenvalue weighted by Crippen LogP contribution is -2.27. The predicted molar refractivity (Wildman–Crippen MR) is 175 cm³/mol. The van der Waals surface area contributed by atoms with Gasteiger partial charge in [-0.2, -0.15) is 39.5 Å². The highest BCUT2D eigenvalue weighted by atomic mass is 19.4. The molecule has 0 radical (unpaired) electrons. The molecule has 0 N–H and O–H groups in total. The normalized spacial score (nSPS) is 12.8. The minimum Gasteiger partial charge on any atom is -0.377 e. The van der Waals surface area contributed by atoms with Crippen LogP contribution in [0.25, 0.3) is 0 Å². The number of halogens is 9. The highest BCUT2D eigenvalue weighted by Crippen LogP contribution is 2.46. The van der Waals surface area contributed by atoms with Crippen LogP contribution in [-0.2, 0) is 31.6 Å². The minimum absolute atomic E-state index is 0.0955. The summed E-state index contributed by atoms with van der Waals surface area (Å²) in [5, 5.41) is 0. The molecular formula is C36H44F9N3. The van der Waals surface area contributed by atoms with Crippen molar-refractivity contribution in [1.82, 2.24) is 0 Å². The van der Waals surface area contributed by atoms with Crippen molar-refractivity contribution in [2.75, 3.05) is 42.9 Å². The van der Waals surface area contributed by atoms with Crippen LogP contribution in [-0.4, -0.2) is 28.2 Å². The van der Waals surface area contributed by atoms with Crippen molar-refractivity contribution in [3.63, 3.8) is 0 Å². The van der Waals surface area contributed by atoms with Gasteiger partial charge in [0.05, 0.1) is 22.4 Å². The van der Waals surface area contributed by atoms with E-state index in [-0.39, 0.29) is 47.1 Å². The van der Waals surface area contributed by atoms with Crippen molar-refractivity contribution in [2.24, 2.45) is 0 Å². The molecule has 266 valence electrons. The van der Waals surface area contributed by atoms with Crippen LogP contribution in [0.1, 0.15) is 104 Å². The predicted octanol–water partition coefficient (Wildman–Crippen LogP) is 11.5. The lowest BCUT2D eigenvalue weighted by molar-refractivity contribution is -0.139. The molecule has 0 saturated heterocycles. The maximum Gasteiger partial charge on any atom is 0.418 e. The Morgan fingerprint density at radius 1 is 0.562 bits per heavy atom. The monoisotopic (exact) mass is 689 g/mol. The molecule has 3 rings (SSSR count). The topological polar surface area (TPSA) is 9.72 Å². The molecule has 0 amide bonds. The zero-order valence-electron chi connectivity index (χ0n) is 28.9. The molecule has 0 aromatic heterocycles. The second-order valence-corrected chi connectivity index (χ2v) is 13.5. The zero-order valence-corrected chi connectivity index (χ0v) is 28.9. The Morgan fingerprint density at radius 2 is 1.12 bits per heavy atom.